The normalized spacial score (nSPS) is 13.6. The van der Waals surface area contributed by atoms with Crippen LogP contribution in [0.3, 0.4) is 0 Å². The van der Waals surface area contributed by atoms with E-state index in [-0.39, 0.29) is 0 Å². The molecule has 0 aromatic carbocycles. The lowest BCUT2D eigenvalue weighted by molar-refractivity contribution is 1.13. The predicted octanol–water partition coefficient (Wildman–Crippen LogP) is 2.31. The molecule has 0 saturated carbocycles. The summed E-state index contributed by atoms with van der Waals surface area (Å²) >= 11 is 1.83. The molecule has 0 spiro atoms. The standard InChI is InChI=1S/C6H12S/c1-5(2)6(3)7-4/h6H,1H2,2-4H3. The number of hydrogen-bond donors (Lipinski definition) is 0. The van der Waals surface area contributed by atoms with Crippen molar-refractivity contribution in [1.82, 2.24) is 0 Å². The van der Waals surface area contributed by atoms with E-state index in [9.17, 15) is 0 Å². The first kappa shape index (κ1) is 7.09. The zero-order valence-electron chi connectivity index (χ0n) is 5.19. The molecule has 7 heavy (non-hydrogen) atoms. The van der Waals surface area contributed by atoms with Crippen molar-refractivity contribution < 1.29 is 0 Å². The Kier molecular flexibility index (Phi) is 3.18. The molecule has 0 heterocycles. The molecule has 1 heteroatoms. The van der Waals surface area contributed by atoms with Crippen LogP contribution in [0, 0.1) is 0 Å². The van der Waals surface area contributed by atoms with E-state index >= 15 is 0 Å². The Morgan fingerprint density at radius 2 is 2.14 bits per heavy atom. The summed E-state index contributed by atoms with van der Waals surface area (Å²) in [7, 11) is 0. The Bertz CT molecular complexity index is 66.6. The summed E-state index contributed by atoms with van der Waals surface area (Å²) < 4.78 is 0. The third-order valence-electron chi connectivity index (χ3n) is 1.05. The molecule has 1 unspecified atom stereocenters. The first-order valence-electron chi connectivity index (χ1n) is 2.36. The van der Waals surface area contributed by atoms with Crippen LogP contribution in [0.2, 0.25) is 0 Å². The second kappa shape index (κ2) is 3.14. The van der Waals surface area contributed by atoms with Gasteiger partial charge in [-0.25, -0.2) is 0 Å². The van der Waals surface area contributed by atoms with Crippen LogP contribution in [0.1, 0.15) is 13.8 Å². The Hall–Kier alpha value is 0.0900. The maximum Gasteiger partial charge on any atom is 0.0220 e. The monoisotopic (exact) mass is 116 g/mol. The van der Waals surface area contributed by atoms with Crippen molar-refractivity contribution in [2.24, 2.45) is 0 Å². The minimum absolute atomic E-state index is 0.625. The van der Waals surface area contributed by atoms with Crippen LogP contribution in [0.5, 0.6) is 0 Å². The second-order valence-corrected chi connectivity index (χ2v) is 2.90. The maximum absolute atomic E-state index is 3.81. The third-order valence-corrected chi connectivity index (χ3v) is 2.16. The zero-order chi connectivity index (χ0) is 5.86. The quantitative estimate of drug-likeness (QED) is 0.499. The number of rotatable bonds is 2. The topological polar surface area (TPSA) is 0 Å². The van der Waals surface area contributed by atoms with Gasteiger partial charge in [-0.3, -0.25) is 0 Å². The number of hydrogen-bond acceptors (Lipinski definition) is 1. The molecular weight excluding hydrogens is 104 g/mol. The zero-order valence-corrected chi connectivity index (χ0v) is 6.01. The fraction of sp³-hybridized carbons (Fsp3) is 0.667. The predicted molar refractivity (Wildman–Crippen MR) is 37.8 cm³/mol. The van der Waals surface area contributed by atoms with E-state index < -0.39 is 0 Å². The van der Waals surface area contributed by atoms with E-state index in [2.05, 4.69) is 26.7 Å². The Balaban J connectivity index is 3.34. The van der Waals surface area contributed by atoms with E-state index in [1.54, 1.807) is 0 Å². The van der Waals surface area contributed by atoms with Crippen molar-refractivity contribution in [3.63, 3.8) is 0 Å². The van der Waals surface area contributed by atoms with Gasteiger partial charge in [0, 0.05) is 5.25 Å². The highest BCUT2D eigenvalue weighted by molar-refractivity contribution is 7.99. The van der Waals surface area contributed by atoms with Crippen LogP contribution < -0.4 is 0 Å². The van der Waals surface area contributed by atoms with Crippen molar-refractivity contribution in [2.75, 3.05) is 6.26 Å². The second-order valence-electron chi connectivity index (χ2n) is 1.72. The smallest absolute Gasteiger partial charge is 0.0220 e. The molecule has 0 saturated heterocycles. The molecule has 0 radical (unpaired) electrons. The fourth-order valence-corrected chi connectivity index (χ4v) is 0.604. The van der Waals surface area contributed by atoms with Crippen molar-refractivity contribution in [3.8, 4) is 0 Å². The molecule has 0 aliphatic carbocycles. The van der Waals surface area contributed by atoms with Crippen LogP contribution in [-0.4, -0.2) is 11.5 Å². The van der Waals surface area contributed by atoms with Gasteiger partial charge in [0.05, 0.1) is 0 Å². The largest absolute Gasteiger partial charge is 0.158 e. The van der Waals surface area contributed by atoms with Gasteiger partial charge in [0.2, 0.25) is 0 Å². The van der Waals surface area contributed by atoms with Gasteiger partial charge in [0.25, 0.3) is 0 Å². The van der Waals surface area contributed by atoms with Crippen LogP contribution in [0.4, 0.5) is 0 Å². The van der Waals surface area contributed by atoms with Crippen LogP contribution >= 0.6 is 11.8 Å². The summed E-state index contributed by atoms with van der Waals surface area (Å²) in [5, 5.41) is 0.625. The van der Waals surface area contributed by atoms with Crippen molar-refractivity contribution in [3.05, 3.63) is 12.2 Å². The van der Waals surface area contributed by atoms with E-state index in [4.69, 9.17) is 0 Å². The molecule has 0 aliphatic rings. The molecule has 0 aliphatic heterocycles. The van der Waals surface area contributed by atoms with E-state index in [0.29, 0.717) is 5.25 Å². The van der Waals surface area contributed by atoms with Crippen LogP contribution in [0.25, 0.3) is 0 Å². The van der Waals surface area contributed by atoms with Gasteiger partial charge in [0.15, 0.2) is 0 Å². The molecule has 0 rings (SSSR count). The third kappa shape index (κ3) is 2.75. The van der Waals surface area contributed by atoms with Crippen molar-refractivity contribution in [2.45, 2.75) is 19.1 Å². The van der Waals surface area contributed by atoms with E-state index in [1.807, 2.05) is 11.8 Å². The first-order chi connectivity index (χ1) is 3.18. The molecule has 0 amide bonds. The SMILES string of the molecule is C=C(C)C(C)SC. The summed E-state index contributed by atoms with van der Waals surface area (Å²) in [4.78, 5) is 0. The number of thioether (sulfide) groups is 1. The molecule has 1 atom stereocenters. The lowest BCUT2D eigenvalue weighted by atomic mass is 10.3. The summed E-state index contributed by atoms with van der Waals surface area (Å²) in [5.74, 6) is 0. The first-order valence-corrected chi connectivity index (χ1v) is 3.65. The summed E-state index contributed by atoms with van der Waals surface area (Å²) in [6.07, 6.45) is 2.10. The highest BCUT2D eigenvalue weighted by Gasteiger charge is 1.95. The summed E-state index contributed by atoms with van der Waals surface area (Å²) in [6, 6.07) is 0. The molecule has 0 aromatic heterocycles. The van der Waals surface area contributed by atoms with Gasteiger partial charge >= 0.3 is 0 Å². The van der Waals surface area contributed by atoms with Crippen LogP contribution in [-0.2, 0) is 0 Å². The lowest BCUT2D eigenvalue weighted by Gasteiger charge is -2.03. The Morgan fingerprint density at radius 1 is 1.71 bits per heavy atom. The molecule has 0 fully saturated rings. The van der Waals surface area contributed by atoms with Gasteiger partial charge in [-0.05, 0) is 20.1 Å². The average molecular weight is 116 g/mol. The highest BCUT2D eigenvalue weighted by atomic mass is 32.2. The van der Waals surface area contributed by atoms with Crippen molar-refractivity contribution >= 4 is 11.8 Å². The fourth-order valence-electron chi connectivity index (χ4n) is 0.201. The minimum atomic E-state index is 0.625. The van der Waals surface area contributed by atoms with Gasteiger partial charge in [-0.15, -0.1) is 0 Å². The molecule has 0 aromatic rings. The average Bonchev–Trinajstić information content (AvgIpc) is 1.65. The van der Waals surface area contributed by atoms with Gasteiger partial charge in [0.1, 0.15) is 0 Å². The molecule has 0 bridgehead atoms. The molecular formula is C6H12S. The molecule has 0 N–H and O–H groups in total. The highest BCUT2D eigenvalue weighted by Crippen LogP contribution is 2.11. The van der Waals surface area contributed by atoms with Gasteiger partial charge in [-0.2, -0.15) is 11.8 Å². The molecule has 42 valence electrons. The van der Waals surface area contributed by atoms with E-state index in [0.717, 1.165) is 0 Å². The summed E-state index contributed by atoms with van der Waals surface area (Å²) in [5.41, 5.74) is 1.26. The maximum atomic E-state index is 3.81. The van der Waals surface area contributed by atoms with Gasteiger partial charge in [-0.1, -0.05) is 12.2 Å². The lowest BCUT2D eigenvalue weighted by Crippen LogP contribution is -1.93. The Labute approximate surface area is 50.0 Å². The van der Waals surface area contributed by atoms with Crippen LogP contribution in [0.15, 0.2) is 12.2 Å². The van der Waals surface area contributed by atoms with Crippen molar-refractivity contribution in [1.29, 1.82) is 0 Å². The molecule has 0 nitrogen and oxygen atoms in total. The Morgan fingerprint density at radius 3 is 2.14 bits per heavy atom. The van der Waals surface area contributed by atoms with Gasteiger partial charge < -0.3 is 0 Å². The van der Waals surface area contributed by atoms with E-state index in [1.165, 1.54) is 5.57 Å². The minimum Gasteiger partial charge on any atom is -0.158 e. The summed E-state index contributed by atoms with van der Waals surface area (Å²) in [6.45, 7) is 8.02.